The molecule has 0 amide bonds. The molecule has 0 aromatic heterocycles. The normalized spacial score (nSPS) is 15.8. The minimum Gasteiger partial charge on any atom is -1.00 e. The Morgan fingerprint density at radius 2 is 1.55 bits per heavy atom. The first-order chi connectivity index (χ1) is 13.6. The highest BCUT2D eigenvalue weighted by Crippen LogP contribution is 2.28. The van der Waals surface area contributed by atoms with Crippen LogP contribution in [0.3, 0.4) is 0 Å². The van der Waals surface area contributed by atoms with E-state index in [-0.39, 0.29) is 28.9 Å². The van der Waals surface area contributed by atoms with E-state index in [9.17, 15) is 9.59 Å². The van der Waals surface area contributed by atoms with Crippen molar-refractivity contribution in [2.45, 2.75) is 25.9 Å². The fourth-order valence-electron chi connectivity index (χ4n) is 3.89. The standard InChI is InChI=1S/C23H28NO4.BrH/c1-2-27-22(25)18-24(15-9-10-16-24)17-21(19-11-5-3-6-12-19)28-23(26)20-13-7-4-8-14-20;/h3-8,11-14,21H,2,9-10,15-18H2,1H3;1H/q+1;/p-1. The molecule has 0 saturated carbocycles. The lowest BCUT2D eigenvalue weighted by Crippen LogP contribution is -3.00. The maximum absolute atomic E-state index is 12.7. The minimum atomic E-state index is -0.415. The zero-order valence-corrected chi connectivity index (χ0v) is 18.3. The summed E-state index contributed by atoms with van der Waals surface area (Å²) in [4.78, 5) is 24.9. The van der Waals surface area contributed by atoms with Gasteiger partial charge in [0.1, 0.15) is 6.54 Å². The Morgan fingerprint density at radius 1 is 0.966 bits per heavy atom. The molecule has 0 bridgehead atoms. The average Bonchev–Trinajstić information content (AvgIpc) is 3.17. The van der Waals surface area contributed by atoms with Crippen molar-refractivity contribution < 1.29 is 40.5 Å². The Hall–Kier alpha value is -2.18. The summed E-state index contributed by atoms with van der Waals surface area (Å²) in [6, 6.07) is 18.8. The van der Waals surface area contributed by atoms with Gasteiger partial charge >= 0.3 is 11.9 Å². The van der Waals surface area contributed by atoms with Gasteiger partial charge < -0.3 is 30.9 Å². The Morgan fingerprint density at radius 3 is 2.14 bits per heavy atom. The van der Waals surface area contributed by atoms with Gasteiger partial charge in [-0.15, -0.1) is 0 Å². The van der Waals surface area contributed by atoms with Crippen LogP contribution in [0.25, 0.3) is 0 Å². The summed E-state index contributed by atoms with van der Waals surface area (Å²) in [6.45, 7) is 4.88. The number of esters is 2. The van der Waals surface area contributed by atoms with E-state index in [4.69, 9.17) is 9.47 Å². The Balaban J connectivity index is 0.00000300. The van der Waals surface area contributed by atoms with Crippen LogP contribution < -0.4 is 17.0 Å². The van der Waals surface area contributed by atoms with E-state index in [0.29, 0.717) is 29.7 Å². The van der Waals surface area contributed by atoms with Crippen LogP contribution in [-0.2, 0) is 14.3 Å². The molecule has 5 nitrogen and oxygen atoms in total. The molecule has 2 aromatic rings. The van der Waals surface area contributed by atoms with Crippen molar-refractivity contribution in [1.29, 1.82) is 0 Å². The first-order valence-corrected chi connectivity index (χ1v) is 9.93. The van der Waals surface area contributed by atoms with Crippen LogP contribution in [0.2, 0.25) is 0 Å². The van der Waals surface area contributed by atoms with E-state index < -0.39 is 6.10 Å². The van der Waals surface area contributed by atoms with Crippen LogP contribution in [0.5, 0.6) is 0 Å². The molecule has 0 aliphatic carbocycles. The first-order valence-electron chi connectivity index (χ1n) is 9.93. The molecular weight excluding hydrogens is 434 g/mol. The SMILES string of the molecule is CCOC(=O)C[N+]1(CC(OC(=O)c2ccccc2)c2ccccc2)CCCC1.[Br-]. The molecule has 29 heavy (non-hydrogen) atoms. The molecule has 156 valence electrons. The van der Waals surface area contributed by atoms with Gasteiger partial charge in [0.15, 0.2) is 12.6 Å². The zero-order valence-electron chi connectivity index (χ0n) is 16.8. The lowest BCUT2D eigenvalue weighted by Gasteiger charge is -2.36. The van der Waals surface area contributed by atoms with Gasteiger partial charge in [-0.2, -0.15) is 0 Å². The molecule has 1 aliphatic heterocycles. The molecule has 1 heterocycles. The number of nitrogens with zero attached hydrogens (tertiary/aromatic N) is 1. The van der Waals surface area contributed by atoms with E-state index in [1.165, 1.54) is 0 Å². The maximum atomic E-state index is 12.7. The lowest BCUT2D eigenvalue weighted by atomic mass is 10.1. The molecule has 1 unspecified atom stereocenters. The van der Waals surface area contributed by atoms with Gasteiger partial charge in [0.2, 0.25) is 0 Å². The summed E-state index contributed by atoms with van der Waals surface area (Å²) in [5.41, 5.74) is 1.47. The number of quaternary nitrogens is 1. The molecule has 1 aliphatic rings. The second-order valence-electron chi connectivity index (χ2n) is 7.31. The van der Waals surface area contributed by atoms with Crippen LogP contribution in [-0.4, -0.2) is 49.2 Å². The van der Waals surface area contributed by atoms with Gasteiger partial charge in [-0.1, -0.05) is 48.5 Å². The lowest BCUT2D eigenvalue weighted by molar-refractivity contribution is -0.913. The number of likely N-dealkylation sites (tertiary alicyclic amines) is 1. The number of halogens is 1. The van der Waals surface area contributed by atoms with Gasteiger partial charge in [0.25, 0.3) is 0 Å². The fraction of sp³-hybridized carbons (Fsp3) is 0.391. The van der Waals surface area contributed by atoms with Gasteiger partial charge in [0, 0.05) is 12.8 Å². The van der Waals surface area contributed by atoms with Crippen LogP contribution in [0.15, 0.2) is 60.7 Å². The predicted octanol–water partition coefficient (Wildman–Crippen LogP) is 0.762. The van der Waals surface area contributed by atoms with Gasteiger partial charge in [0.05, 0.1) is 25.3 Å². The molecule has 3 rings (SSSR count). The van der Waals surface area contributed by atoms with Crippen molar-refractivity contribution >= 4 is 11.9 Å². The highest BCUT2D eigenvalue weighted by molar-refractivity contribution is 5.89. The average molecular weight is 462 g/mol. The summed E-state index contributed by atoms with van der Waals surface area (Å²) in [7, 11) is 0. The number of carbonyl (C=O) groups excluding carboxylic acids is 2. The first kappa shape index (κ1) is 23.1. The van der Waals surface area contributed by atoms with E-state index in [1.54, 1.807) is 12.1 Å². The van der Waals surface area contributed by atoms with Crippen LogP contribution in [0, 0.1) is 0 Å². The van der Waals surface area contributed by atoms with E-state index in [1.807, 2.05) is 55.5 Å². The number of carbonyl (C=O) groups is 2. The summed E-state index contributed by atoms with van der Waals surface area (Å²) in [6.07, 6.45) is 1.71. The van der Waals surface area contributed by atoms with Gasteiger partial charge in [-0.25, -0.2) is 9.59 Å². The molecule has 1 atom stereocenters. The molecule has 1 fully saturated rings. The van der Waals surface area contributed by atoms with Crippen molar-refractivity contribution in [1.82, 2.24) is 0 Å². The third kappa shape index (κ3) is 6.41. The van der Waals surface area contributed by atoms with Crippen LogP contribution in [0.1, 0.15) is 41.8 Å². The number of hydrogen-bond acceptors (Lipinski definition) is 4. The Bertz CT molecular complexity index is 776. The van der Waals surface area contributed by atoms with Gasteiger partial charge in [-0.3, -0.25) is 0 Å². The van der Waals surface area contributed by atoms with Gasteiger partial charge in [-0.05, 0) is 24.6 Å². The Kier molecular flexibility index (Phi) is 8.86. The molecular formula is C23H28BrNO4. The smallest absolute Gasteiger partial charge is 0.361 e. The Labute approximate surface area is 183 Å². The second kappa shape index (κ2) is 11.1. The second-order valence-corrected chi connectivity index (χ2v) is 7.31. The zero-order chi connectivity index (χ0) is 19.8. The number of hydrogen-bond donors (Lipinski definition) is 0. The van der Waals surface area contributed by atoms with E-state index in [2.05, 4.69) is 0 Å². The number of ether oxygens (including phenoxy) is 2. The summed E-state index contributed by atoms with van der Waals surface area (Å²) in [5.74, 6) is -0.534. The third-order valence-corrected chi connectivity index (χ3v) is 5.27. The predicted molar refractivity (Wildman–Crippen MR) is 107 cm³/mol. The topological polar surface area (TPSA) is 52.6 Å². The number of rotatable bonds is 8. The summed E-state index contributed by atoms with van der Waals surface area (Å²) in [5, 5.41) is 0. The molecule has 0 radical (unpaired) electrons. The summed E-state index contributed by atoms with van der Waals surface area (Å²) >= 11 is 0. The van der Waals surface area contributed by atoms with Crippen molar-refractivity contribution in [3.63, 3.8) is 0 Å². The largest absolute Gasteiger partial charge is 1.00 e. The monoisotopic (exact) mass is 461 g/mol. The van der Waals surface area contributed by atoms with Crippen molar-refractivity contribution in [2.75, 3.05) is 32.8 Å². The number of benzene rings is 2. The minimum absolute atomic E-state index is 0. The molecule has 1 saturated heterocycles. The van der Waals surface area contributed by atoms with Crippen molar-refractivity contribution in [2.24, 2.45) is 0 Å². The van der Waals surface area contributed by atoms with Crippen LogP contribution in [0.4, 0.5) is 0 Å². The van der Waals surface area contributed by atoms with E-state index >= 15 is 0 Å². The molecule has 0 spiro atoms. The quantitative estimate of drug-likeness (QED) is 0.430. The molecule has 0 N–H and O–H groups in total. The van der Waals surface area contributed by atoms with Crippen molar-refractivity contribution in [3.05, 3.63) is 71.8 Å². The highest BCUT2D eigenvalue weighted by Gasteiger charge is 2.39. The molecule has 2 aromatic carbocycles. The maximum Gasteiger partial charge on any atom is 0.361 e. The van der Waals surface area contributed by atoms with Crippen LogP contribution >= 0.6 is 0 Å². The summed E-state index contributed by atoms with van der Waals surface area (Å²) < 4.78 is 11.7. The van der Waals surface area contributed by atoms with E-state index in [0.717, 1.165) is 31.5 Å². The fourth-order valence-corrected chi connectivity index (χ4v) is 3.89. The van der Waals surface area contributed by atoms with Crippen molar-refractivity contribution in [3.8, 4) is 0 Å². The molecule has 6 heteroatoms. The highest BCUT2D eigenvalue weighted by atomic mass is 79.9. The third-order valence-electron chi connectivity index (χ3n) is 5.27.